The van der Waals surface area contributed by atoms with Crippen LogP contribution in [0.25, 0.3) is 11.0 Å². The van der Waals surface area contributed by atoms with Crippen LogP contribution in [-0.2, 0) is 6.42 Å². The van der Waals surface area contributed by atoms with E-state index in [1.807, 2.05) is 12.4 Å². The number of fused-ring (bicyclic) bond motifs is 1. The van der Waals surface area contributed by atoms with Crippen LogP contribution in [-0.4, -0.2) is 35.3 Å². The fraction of sp³-hybridized carbons (Fsp3) is 0.208. The second kappa shape index (κ2) is 7.91. The van der Waals surface area contributed by atoms with Crippen molar-refractivity contribution in [3.63, 3.8) is 0 Å². The molecule has 0 bridgehead atoms. The lowest BCUT2D eigenvalue weighted by atomic mass is 10.0. The molecule has 2 heterocycles. The Bertz CT molecular complexity index is 1090. The Morgan fingerprint density at radius 3 is 2.45 bits per heavy atom. The molecule has 4 aromatic rings. The molecule has 5 rings (SSSR count). The highest BCUT2D eigenvalue weighted by Gasteiger charge is 2.28. The molecule has 1 atom stereocenters. The summed E-state index contributed by atoms with van der Waals surface area (Å²) < 4.78 is 3.37. The molecule has 0 radical (unpaired) electrons. The Labute approximate surface area is 179 Å². The minimum atomic E-state index is 0.354. The molecule has 1 unspecified atom stereocenters. The Balaban J connectivity index is 1.47. The molecule has 0 saturated carbocycles. The molecule has 0 spiro atoms. The van der Waals surface area contributed by atoms with Gasteiger partial charge < -0.3 is 9.91 Å². The van der Waals surface area contributed by atoms with Gasteiger partial charge in [-0.15, -0.1) is 0 Å². The number of rotatable bonds is 4. The Morgan fingerprint density at radius 2 is 1.62 bits per heavy atom. The van der Waals surface area contributed by atoms with Crippen molar-refractivity contribution in [1.82, 2.24) is 9.66 Å². The number of benzene rings is 3. The molecule has 1 aliphatic heterocycles. The molecule has 1 aliphatic rings. The molecule has 1 fully saturated rings. The van der Waals surface area contributed by atoms with E-state index in [1.54, 1.807) is 0 Å². The van der Waals surface area contributed by atoms with Gasteiger partial charge in [0.15, 0.2) is 0 Å². The number of aromatic nitrogens is 2. The molecule has 29 heavy (non-hydrogen) atoms. The lowest BCUT2D eigenvalue weighted by Gasteiger charge is -2.44. The van der Waals surface area contributed by atoms with E-state index in [9.17, 15) is 0 Å². The number of imidazole rings is 1. The summed E-state index contributed by atoms with van der Waals surface area (Å²) in [6.07, 6.45) is 2.97. The van der Waals surface area contributed by atoms with Crippen molar-refractivity contribution in [2.24, 2.45) is 0 Å². The topological polar surface area (TPSA) is 24.3 Å². The second-order valence-electron chi connectivity index (χ2n) is 7.51. The van der Waals surface area contributed by atoms with Crippen molar-refractivity contribution >= 4 is 32.7 Å². The average Bonchev–Trinajstić information content (AvgIpc) is 3.19. The van der Waals surface area contributed by atoms with E-state index in [4.69, 9.17) is 0 Å². The molecule has 5 heteroatoms. The number of nitrogens with zero attached hydrogens (tertiary/aromatic N) is 4. The number of anilines is 1. The summed E-state index contributed by atoms with van der Waals surface area (Å²) in [5.41, 5.74) is 4.86. The van der Waals surface area contributed by atoms with Crippen molar-refractivity contribution in [3.8, 4) is 0 Å². The first-order valence-electron chi connectivity index (χ1n) is 10.0. The standard InChI is InChI=1S/C24H23BrN4/c25-20-10-12-21(13-11-20)27-14-15-28(22(17-27)16-19-6-2-1-3-7-19)29-18-26-23-8-4-5-9-24(23)29/h1-13,18,22H,14-17H2. The monoisotopic (exact) mass is 446 g/mol. The number of para-hydroxylation sites is 2. The lowest BCUT2D eigenvalue weighted by Crippen LogP contribution is -2.58. The van der Waals surface area contributed by atoms with Gasteiger partial charge in [0.05, 0.1) is 23.6 Å². The van der Waals surface area contributed by atoms with Gasteiger partial charge in [0.25, 0.3) is 0 Å². The summed E-state index contributed by atoms with van der Waals surface area (Å²) in [7, 11) is 0. The minimum absolute atomic E-state index is 0.354. The molecule has 0 amide bonds. The zero-order valence-corrected chi connectivity index (χ0v) is 17.7. The van der Waals surface area contributed by atoms with Crippen LogP contribution < -0.4 is 9.91 Å². The molecule has 0 N–H and O–H groups in total. The molecule has 1 aromatic heterocycles. The fourth-order valence-electron chi connectivity index (χ4n) is 4.22. The van der Waals surface area contributed by atoms with Gasteiger partial charge in [-0.25, -0.2) is 9.66 Å². The Morgan fingerprint density at radius 1 is 0.862 bits per heavy atom. The van der Waals surface area contributed by atoms with Crippen molar-refractivity contribution in [1.29, 1.82) is 0 Å². The molecule has 4 nitrogen and oxygen atoms in total. The van der Waals surface area contributed by atoms with Crippen LogP contribution in [0.1, 0.15) is 5.56 Å². The summed E-state index contributed by atoms with van der Waals surface area (Å²) in [6.45, 7) is 2.91. The van der Waals surface area contributed by atoms with Gasteiger partial charge in [0.2, 0.25) is 0 Å². The number of hydrogen-bond donors (Lipinski definition) is 0. The molecular weight excluding hydrogens is 424 g/mol. The number of halogens is 1. The third-order valence-electron chi connectivity index (χ3n) is 5.67. The molecular formula is C24H23BrN4. The van der Waals surface area contributed by atoms with E-state index >= 15 is 0 Å². The van der Waals surface area contributed by atoms with Gasteiger partial charge in [-0.2, -0.15) is 0 Å². The maximum Gasteiger partial charge on any atom is 0.116 e. The first kappa shape index (κ1) is 18.3. The van der Waals surface area contributed by atoms with Crippen LogP contribution in [0.15, 0.2) is 89.7 Å². The fourth-order valence-corrected chi connectivity index (χ4v) is 4.49. The smallest absolute Gasteiger partial charge is 0.116 e. The van der Waals surface area contributed by atoms with Crippen molar-refractivity contribution in [2.45, 2.75) is 12.5 Å². The normalized spacial score (nSPS) is 17.1. The Kier molecular flexibility index (Phi) is 4.98. The number of hydrogen-bond acceptors (Lipinski definition) is 3. The van der Waals surface area contributed by atoms with Crippen LogP contribution in [0, 0.1) is 0 Å². The van der Waals surface area contributed by atoms with E-state index in [2.05, 4.69) is 108 Å². The predicted octanol–water partition coefficient (Wildman–Crippen LogP) is 4.87. The van der Waals surface area contributed by atoms with Crippen LogP contribution >= 0.6 is 15.9 Å². The molecule has 1 saturated heterocycles. The first-order chi connectivity index (χ1) is 14.3. The average molecular weight is 447 g/mol. The van der Waals surface area contributed by atoms with Gasteiger partial charge >= 0.3 is 0 Å². The predicted molar refractivity (Wildman–Crippen MR) is 123 cm³/mol. The maximum absolute atomic E-state index is 4.62. The largest absolute Gasteiger partial charge is 0.368 e. The summed E-state index contributed by atoms with van der Waals surface area (Å²) in [4.78, 5) is 7.12. The van der Waals surface area contributed by atoms with Crippen LogP contribution in [0.4, 0.5) is 5.69 Å². The highest BCUT2D eigenvalue weighted by atomic mass is 79.9. The highest BCUT2D eigenvalue weighted by molar-refractivity contribution is 9.10. The third-order valence-corrected chi connectivity index (χ3v) is 6.20. The van der Waals surface area contributed by atoms with Gasteiger partial charge in [0.1, 0.15) is 6.33 Å². The molecule has 146 valence electrons. The lowest BCUT2D eigenvalue weighted by molar-refractivity contribution is 0.429. The molecule has 0 aliphatic carbocycles. The second-order valence-corrected chi connectivity index (χ2v) is 8.42. The Hall–Kier alpha value is -2.79. The maximum atomic E-state index is 4.62. The van der Waals surface area contributed by atoms with E-state index in [0.717, 1.165) is 36.0 Å². The summed E-state index contributed by atoms with van der Waals surface area (Å²) in [5.74, 6) is 0. The van der Waals surface area contributed by atoms with Gasteiger partial charge in [0, 0.05) is 23.2 Å². The minimum Gasteiger partial charge on any atom is -0.368 e. The van der Waals surface area contributed by atoms with Crippen LogP contribution in [0.5, 0.6) is 0 Å². The van der Waals surface area contributed by atoms with Crippen LogP contribution in [0.2, 0.25) is 0 Å². The SMILES string of the molecule is Brc1ccc(N2CCN(n3cnc4ccccc43)C(Cc3ccccc3)C2)cc1. The van der Waals surface area contributed by atoms with Crippen molar-refractivity contribution in [3.05, 3.63) is 95.2 Å². The van der Waals surface area contributed by atoms with E-state index < -0.39 is 0 Å². The quantitative estimate of drug-likeness (QED) is 0.446. The summed E-state index contributed by atoms with van der Waals surface area (Å²) >= 11 is 3.55. The number of piperazine rings is 1. The zero-order valence-electron chi connectivity index (χ0n) is 16.2. The van der Waals surface area contributed by atoms with Gasteiger partial charge in [-0.05, 0) is 48.4 Å². The molecule has 3 aromatic carbocycles. The third kappa shape index (κ3) is 3.75. The first-order valence-corrected chi connectivity index (χ1v) is 10.8. The van der Waals surface area contributed by atoms with Gasteiger partial charge in [-0.1, -0.05) is 58.4 Å². The van der Waals surface area contributed by atoms with Crippen LogP contribution in [0.3, 0.4) is 0 Å². The van der Waals surface area contributed by atoms with E-state index in [1.165, 1.54) is 16.8 Å². The van der Waals surface area contributed by atoms with Gasteiger partial charge in [-0.3, -0.25) is 0 Å². The van der Waals surface area contributed by atoms with Crippen molar-refractivity contribution in [2.75, 3.05) is 29.5 Å². The zero-order chi connectivity index (χ0) is 19.6. The van der Waals surface area contributed by atoms with E-state index in [-0.39, 0.29) is 0 Å². The summed E-state index contributed by atoms with van der Waals surface area (Å²) in [5, 5.41) is 2.48. The van der Waals surface area contributed by atoms with Crippen molar-refractivity contribution < 1.29 is 0 Å². The van der Waals surface area contributed by atoms with E-state index in [0.29, 0.717) is 6.04 Å². The summed E-state index contributed by atoms with van der Waals surface area (Å²) in [6, 6.07) is 28.2. The highest BCUT2D eigenvalue weighted by Crippen LogP contribution is 2.24.